The number of allylic oxidation sites excluding steroid dienone is 1. The van der Waals surface area contributed by atoms with Crippen LogP contribution in [0.2, 0.25) is 0 Å². The van der Waals surface area contributed by atoms with Gasteiger partial charge in [-0.1, -0.05) is 51.5 Å². The van der Waals surface area contributed by atoms with Crippen LogP contribution in [0.4, 0.5) is 0 Å². The van der Waals surface area contributed by atoms with E-state index in [-0.39, 0.29) is 5.41 Å². The zero-order valence-electron chi connectivity index (χ0n) is 13.3. The van der Waals surface area contributed by atoms with E-state index in [1.807, 2.05) is 6.08 Å². The van der Waals surface area contributed by atoms with Crippen LogP contribution in [0.25, 0.3) is 0 Å². The van der Waals surface area contributed by atoms with Gasteiger partial charge < -0.3 is 4.74 Å². The summed E-state index contributed by atoms with van der Waals surface area (Å²) in [5.74, 6) is 1.56. The molecule has 0 aliphatic rings. The van der Waals surface area contributed by atoms with Gasteiger partial charge in [0.05, 0.1) is 7.11 Å². The van der Waals surface area contributed by atoms with E-state index in [0.29, 0.717) is 5.92 Å². The highest BCUT2D eigenvalue weighted by atomic mass is 16.5. The third-order valence-corrected chi connectivity index (χ3v) is 3.66. The van der Waals surface area contributed by atoms with E-state index in [2.05, 4.69) is 53.3 Å². The second-order valence-corrected chi connectivity index (χ2v) is 6.31. The Kier molecular flexibility index (Phi) is 5.22. The third-order valence-electron chi connectivity index (χ3n) is 3.66. The zero-order chi connectivity index (χ0) is 14.6. The van der Waals surface area contributed by atoms with Crippen LogP contribution in [-0.2, 0) is 5.41 Å². The number of rotatable bonds is 5. The molecule has 0 aliphatic heterocycles. The predicted octanol–water partition coefficient (Wildman–Crippen LogP) is 5.37. The van der Waals surface area contributed by atoms with Crippen LogP contribution in [0.1, 0.15) is 63.1 Å². The lowest BCUT2D eigenvalue weighted by molar-refractivity contribution is 0.387. The second kappa shape index (κ2) is 6.27. The molecule has 0 saturated carbocycles. The minimum absolute atomic E-state index is 0.0958. The molecule has 1 atom stereocenters. The maximum atomic E-state index is 5.75. The molecular weight excluding hydrogens is 232 g/mol. The van der Waals surface area contributed by atoms with Crippen molar-refractivity contribution >= 4 is 0 Å². The van der Waals surface area contributed by atoms with Crippen LogP contribution >= 0.6 is 0 Å². The fourth-order valence-electron chi connectivity index (χ4n) is 2.60. The molecule has 106 valence electrons. The first-order valence-electron chi connectivity index (χ1n) is 7.15. The Hall–Kier alpha value is -1.24. The topological polar surface area (TPSA) is 9.23 Å². The maximum absolute atomic E-state index is 5.75. The van der Waals surface area contributed by atoms with Crippen molar-refractivity contribution in [1.82, 2.24) is 0 Å². The third kappa shape index (κ3) is 3.62. The monoisotopic (exact) mass is 260 g/mol. The Bertz CT molecular complexity index is 438. The maximum Gasteiger partial charge on any atom is 0.126 e. The van der Waals surface area contributed by atoms with Crippen molar-refractivity contribution in [2.45, 2.75) is 58.8 Å². The standard InChI is InChI=1S/C18H28O/c1-8-10-14(9-2)15-11-13(3)12-16(17(15)19-7)18(4,5)6/h8,11-12,14H,1,9-10H2,2-7H3. The fourth-order valence-corrected chi connectivity index (χ4v) is 2.60. The first-order valence-corrected chi connectivity index (χ1v) is 7.15. The highest BCUT2D eigenvalue weighted by molar-refractivity contribution is 5.49. The predicted molar refractivity (Wildman–Crippen MR) is 84.3 cm³/mol. The first kappa shape index (κ1) is 15.8. The van der Waals surface area contributed by atoms with Gasteiger partial charge in [-0.05, 0) is 36.7 Å². The van der Waals surface area contributed by atoms with E-state index >= 15 is 0 Å². The highest BCUT2D eigenvalue weighted by Gasteiger charge is 2.24. The molecule has 1 unspecified atom stereocenters. The van der Waals surface area contributed by atoms with Gasteiger partial charge in [-0.15, -0.1) is 6.58 Å². The lowest BCUT2D eigenvalue weighted by Gasteiger charge is -2.27. The molecule has 19 heavy (non-hydrogen) atoms. The van der Waals surface area contributed by atoms with Crippen molar-refractivity contribution in [3.05, 3.63) is 41.5 Å². The van der Waals surface area contributed by atoms with Gasteiger partial charge in [-0.2, -0.15) is 0 Å². The van der Waals surface area contributed by atoms with Crippen molar-refractivity contribution in [1.29, 1.82) is 0 Å². The normalized spacial score (nSPS) is 13.2. The summed E-state index contributed by atoms with van der Waals surface area (Å²) in [6, 6.07) is 4.52. The molecular formula is C18H28O. The number of methoxy groups -OCH3 is 1. The molecule has 0 amide bonds. The summed E-state index contributed by atoms with van der Waals surface area (Å²) in [5.41, 5.74) is 4.03. The molecule has 0 aliphatic carbocycles. The van der Waals surface area contributed by atoms with E-state index in [0.717, 1.165) is 18.6 Å². The molecule has 0 N–H and O–H groups in total. The van der Waals surface area contributed by atoms with Crippen molar-refractivity contribution in [3.63, 3.8) is 0 Å². The Balaban J connectivity index is 3.46. The number of hydrogen-bond donors (Lipinski definition) is 0. The Morgan fingerprint density at radius 3 is 2.37 bits per heavy atom. The van der Waals surface area contributed by atoms with Crippen LogP contribution in [0.15, 0.2) is 24.8 Å². The van der Waals surface area contributed by atoms with Crippen molar-refractivity contribution < 1.29 is 4.74 Å². The van der Waals surface area contributed by atoms with Crippen LogP contribution in [-0.4, -0.2) is 7.11 Å². The summed E-state index contributed by atoms with van der Waals surface area (Å²) in [5, 5.41) is 0. The van der Waals surface area contributed by atoms with Gasteiger partial charge in [0.15, 0.2) is 0 Å². The van der Waals surface area contributed by atoms with Crippen LogP contribution in [0.3, 0.4) is 0 Å². The minimum Gasteiger partial charge on any atom is -0.496 e. The van der Waals surface area contributed by atoms with Gasteiger partial charge in [-0.25, -0.2) is 0 Å². The van der Waals surface area contributed by atoms with E-state index in [1.54, 1.807) is 7.11 Å². The highest BCUT2D eigenvalue weighted by Crippen LogP contribution is 2.40. The Morgan fingerprint density at radius 1 is 1.32 bits per heavy atom. The van der Waals surface area contributed by atoms with Gasteiger partial charge in [-0.3, -0.25) is 0 Å². The number of aryl methyl sites for hydroxylation is 1. The van der Waals surface area contributed by atoms with Crippen LogP contribution in [0, 0.1) is 6.92 Å². The average Bonchev–Trinajstić information content (AvgIpc) is 2.33. The SMILES string of the molecule is C=CCC(CC)c1cc(C)cc(C(C)(C)C)c1OC. The zero-order valence-corrected chi connectivity index (χ0v) is 13.3. The molecule has 1 heteroatoms. The van der Waals surface area contributed by atoms with Gasteiger partial charge in [0.1, 0.15) is 5.75 Å². The molecule has 0 radical (unpaired) electrons. The second-order valence-electron chi connectivity index (χ2n) is 6.31. The summed E-state index contributed by atoms with van der Waals surface area (Å²) < 4.78 is 5.75. The summed E-state index contributed by atoms with van der Waals surface area (Å²) >= 11 is 0. The van der Waals surface area contributed by atoms with Gasteiger partial charge in [0, 0.05) is 5.56 Å². The van der Waals surface area contributed by atoms with Gasteiger partial charge in [0.25, 0.3) is 0 Å². The molecule has 1 rings (SSSR count). The number of ether oxygens (including phenoxy) is 1. The Labute approximate surface area is 118 Å². The Morgan fingerprint density at radius 2 is 1.95 bits per heavy atom. The van der Waals surface area contributed by atoms with Crippen LogP contribution in [0.5, 0.6) is 5.75 Å². The summed E-state index contributed by atoms with van der Waals surface area (Å²) in [6.45, 7) is 15.0. The molecule has 0 fully saturated rings. The summed E-state index contributed by atoms with van der Waals surface area (Å²) in [6.07, 6.45) is 4.11. The first-order chi connectivity index (χ1) is 8.85. The van der Waals surface area contributed by atoms with E-state index in [9.17, 15) is 0 Å². The smallest absolute Gasteiger partial charge is 0.126 e. The van der Waals surface area contributed by atoms with Gasteiger partial charge >= 0.3 is 0 Å². The average molecular weight is 260 g/mol. The molecule has 0 saturated heterocycles. The number of benzene rings is 1. The van der Waals surface area contributed by atoms with E-state index < -0.39 is 0 Å². The molecule has 1 nitrogen and oxygen atoms in total. The minimum atomic E-state index is 0.0958. The van der Waals surface area contributed by atoms with Crippen LogP contribution < -0.4 is 4.74 Å². The molecule has 1 aromatic rings. The van der Waals surface area contributed by atoms with Gasteiger partial charge in [0.2, 0.25) is 0 Å². The summed E-state index contributed by atoms with van der Waals surface area (Å²) in [7, 11) is 1.78. The lowest BCUT2D eigenvalue weighted by atomic mass is 9.81. The van der Waals surface area contributed by atoms with Crippen molar-refractivity contribution in [3.8, 4) is 5.75 Å². The fraction of sp³-hybridized carbons (Fsp3) is 0.556. The molecule has 0 spiro atoms. The van der Waals surface area contributed by atoms with Crippen molar-refractivity contribution in [2.75, 3.05) is 7.11 Å². The quantitative estimate of drug-likeness (QED) is 0.647. The van der Waals surface area contributed by atoms with E-state index in [1.165, 1.54) is 16.7 Å². The lowest BCUT2D eigenvalue weighted by Crippen LogP contribution is -2.15. The summed E-state index contributed by atoms with van der Waals surface area (Å²) in [4.78, 5) is 0. The van der Waals surface area contributed by atoms with E-state index in [4.69, 9.17) is 4.74 Å². The molecule has 1 aromatic carbocycles. The largest absolute Gasteiger partial charge is 0.496 e. The molecule has 0 heterocycles. The molecule has 0 aromatic heterocycles. The van der Waals surface area contributed by atoms with Crippen molar-refractivity contribution in [2.24, 2.45) is 0 Å². The molecule has 0 bridgehead atoms. The number of hydrogen-bond acceptors (Lipinski definition) is 1.